The molecule has 0 bridgehead atoms. The Morgan fingerprint density at radius 2 is 1.77 bits per heavy atom. The van der Waals surface area contributed by atoms with Crippen molar-refractivity contribution in [3.05, 3.63) is 59.2 Å². The van der Waals surface area contributed by atoms with Gasteiger partial charge in [-0.05, 0) is 56.5 Å². The maximum absolute atomic E-state index is 12.2. The van der Waals surface area contributed by atoms with Crippen LogP contribution in [0.25, 0.3) is 0 Å². The molecular formula is C21H25NO4. The lowest BCUT2D eigenvalue weighted by Gasteiger charge is -2.15. The minimum atomic E-state index is -0.848. The average Bonchev–Trinajstić information content (AvgIpc) is 2.62. The van der Waals surface area contributed by atoms with Crippen molar-refractivity contribution < 1.29 is 19.1 Å². The lowest BCUT2D eigenvalue weighted by molar-refractivity contribution is -0.153. The average molecular weight is 355 g/mol. The normalized spacial score (nSPS) is 11.5. The van der Waals surface area contributed by atoms with Crippen molar-refractivity contribution in [2.45, 2.75) is 39.7 Å². The van der Waals surface area contributed by atoms with Gasteiger partial charge in [0.05, 0.1) is 7.11 Å². The Kier molecular flexibility index (Phi) is 6.78. The van der Waals surface area contributed by atoms with E-state index in [1.165, 1.54) is 0 Å². The van der Waals surface area contributed by atoms with Gasteiger partial charge in [0.15, 0.2) is 6.10 Å². The van der Waals surface area contributed by atoms with Gasteiger partial charge >= 0.3 is 5.97 Å². The molecule has 1 atom stereocenters. The molecule has 2 aromatic rings. The molecule has 0 saturated heterocycles. The van der Waals surface area contributed by atoms with E-state index in [0.29, 0.717) is 6.42 Å². The summed E-state index contributed by atoms with van der Waals surface area (Å²) in [7, 11) is 1.61. The van der Waals surface area contributed by atoms with Crippen LogP contribution < -0.4 is 10.1 Å². The zero-order valence-electron chi connectivity index (χ0n) is 15.7. The van der Waals surface area contributed by atoms with Crippen LogP contribution in [0.15, 0.2) is 42.5 Å². The Labute approximate surface area is 154 Å². The summed E-state index contributed by atoms with van der Waals surface area (Å²) in [4.78, 5) is 24.2. The van der Waals surface area contributed by atoms with E-state index in [2.05, 4.69) is 5.32 Å². The van der Waals surface area contributed by atoms with Crippen molar-refractivity contribution in [3.8, 4) is 5.75 Å². The molecular weight excluding hydrogens is 330 g/mol. The molecule has 0 radical (unpaired) electrons. The highest BCUT2D eigenvalue weighted by Gasteiger charge is 2.18. The number of methoxy groups -OCH3 is 1. The maximum Gasteiger partial charge on any atom is 0.306 e. The van der Waals surface area contributed by atoms with Gasteiger partial charge < -0.3 is 14.8 Å². The molecule has 0 aromatic heterocycles. The number of nitrogens with one attached hydrogen (secondary N) is 1. The molecule has 5 nitrogen and oxygen atoms in total. The number of ether oxygens (including phenoxy) is 2. The van der Waals surface area contributed by atoms with Gasteiger partial charge in [-0.2, -0.15) is 0 Å². The van der Waals surface area contributed by atoms with E-state index in [4.69, 9.17) is 9.47 Å². The second kappa shape index (κ2) is 9.04. The van der Waals surface area contributed by atoms with Crippen LogP contribution in [0.1, 0.15) is 30.0 Å². The molecule has 2 rings (SSSR count). The predicted octanol–water partition coefficient (Wildman–Crippen LogP) is 3.82. The van der Waals surface area contributed by atoms with Gasteiger partial charge in [-0.3, -0.25) is 9.59 Å². The summed E-state index contributed by atoms with van der Waals surface area (Å²) in [5.74, 6) is 0.0341. The van der Waals surface area contributed by atoms with Crippen LogP contribution in [0.4, 0.5) is 5.69 Å². The monoisotopic (exact) mass is 355 g/mol. The molecule has 0 saturated carbocycles. The third-order valence-corrected chi connectivity index (χ3v) is 4.09. The predicted molar refractivity (Wildman–Crippen MR) is 101 cm³/mol. The van der Waals surface area contributed by atoms with E-state index in [0.717, 1.165) is 28.1 Å². The second-order valence-corrected chi connectivity index (χ2v) is 6.29. The van der Waals surface area contributed by atoms with Crippen LogP contribution in [0.3, 0.4) is 0 Å². The number of esters is 1. The number of hydrogen-bond donors (Lipinski definition) is 1. The molecule has 2 aromatic carbocycles. The number of carbonyl (C=O) groups excluding carboxylic acids is 2. The first kappa shape index (κ1) is 19.5. The Balaban J connectivity index is 1.82. The van der Waals surface area contributed by atoms with E-state index >= 15 is 0 Å². The van der Waals surface area contributed by atoms with Gasteiger partial charge in [0, 0.05) is 12.1 Å². The quantitative estimate of drug-likeness (QED) is 0.767. The number of hydrogen-bond acceptors (Lipinski definition) is 4. The van der Waals surface area contributed by atoms with Crippen molar-refractivity contribution in [2.75, 3.05) is 12.4 Å². The van der Waals surface area contributed by atoms with E-state index in [1.54, 1.807) is 14.0 Å². The molecule has 5 heteroatoms. The Morgan fingerprint density at radius 3 is 2.38 bits per heavy atom. The Morgan fingerprint density at radius 1 is 1.08 bits per heavy atom. The second-order valence-electron chi connectivity index (χ2n) is 6.29. The lowest BCUT2D eigenvalue weighted by Crippen LogP contribution is -2.30. The first-order valence-electron chi connectivity index (χ1n) is 8.59. The van der Waals surface area contributed by atoms with Crippen molar-refractivity contribution in [1.29, 1.82) is 0 Å². The largest absolute Gasteiger partial charge is 0.497 e. The molecule has 0 heterocycles. The Hall–Kier alpha value is -2.82. The summed E-state index contributed by atoms with van der Waals surface area (Å²) in [5.41, 5.74) is 3.83. The van der Waals surface area contributed by atoms with Crippen LogP contribution in [-0.2, 0) is 20.7 Å². The molecule has 0 aliphatic heterocycles. The number of benzene rings is 2. The summed E-state index contributed by atoms with van der Waals surface area (Å²) in [6, 6.07) is 13.3. The number of amides is 1. The van der Waals surface area contributed by atoms with Crippen LogP contribution in [0.5, 0.6) is 5.75 Å². The molecule has 0 fully saturated rings. The zero-order valence-corrected chi connectivity index (χ0v) is 15.7. The van der Waals surface area contributed by atoms with Crippen molar-refractivity contribution >= 4 is 17.6 Å². The van der Waals surface area contributed by atoms with Crippen LogP contribution >= 0.6 is 0 Å². The lowest BCUT2D eigenvalue weighted by atomic mass is 10.1. The summed E-state index contributed by atoms with van der Waals surface area (Å²) < 4.78 is 10.3. The highest BCUT2D eigenvalue weighted by Crippen LogP contribution is 2.17. The third kappa shape index (κ3) is 5.62. The smallest absolute Gasteiger partial charge is 0.306 e. The van der Waals surface area contributed by atoms with Gasteiger partial charge in [0.2, 0.25) is 0 Å². The standard InChI is InChI=1S/C21H25NO4/c1-14-5-11-19(15(2)13-14)22-21(24)16(3)26-20(23)12-8-17-6-9-18(25-4)10-7-17/h5-7,9-11,13,16H,8,12H2,1-4H3,(H,22,24)/t16-/m0/s1. The van der Waals surface area contributed by atoms with E-state index in [1.807, 2.05) is 56.3 Å². The topological polar surface area (TPSA) is 64.6 Å². The summed E-state index contributed by atoms with van der Waals surface area (Å²) in [6.07, 6.45) is -0.0825. The van der Waals surface area contributed by atoms with Crippen LogP contribution in [0, 0.1) is 13.8 Å². The number of aryl methyl sites for hydroxylation is 3. The van der Waals surface area contributed by atoms with Gasteiger partial charge in [-0.15, -0.1) is 0 Å². The fraction of sp³-hybridized carbons (Fsp3) is 0.333. The van der Waals surface area contributed by atoms with Crippen LogP contribution in [0.2, 0.25) is 0 Å². The minimum absolute atomic E-state index is 0.216. The van der Waals surface area contributed by atoms with Crippen molar-refractivity contribution in [2.24, 2.45) is 0 Å². The number of carbonyl (C=O) groups is 2. The number of rotatable bonds is 7. The molecule has 138 valence electrons. The van der Waals surface area contributed by atoms with Gasteiger partial charge in [0.1, 0.15) is 5.75 Å². The van der Waals surface area contributed by atoms with E-state index < -0.39 is 12.1 Å². The maximum atomic E-state index is 12.2. The van der Waals surface area contributed by atoms with Gasteiger partial charge in [-0.1, -0.05) is 29.8 Å². The first-order chi connectivity index (χ1) is 12.4. The summed E-state index contributed by atoms with van der Waals surface area (Å²) in [5, 5.41) is 2.80. The fourth-order valence-electron chi connectivity index (χ4n) is 2.54. The molecule has 0 unspecified atom stereocenters. The molecule has 26 heavy (non-hydrogen) atoms. The third-order valence-electron chi connectivity index (χ3n) is 4.09. The fourth-order valence-corrected chi connectivity index (χ4v) is 2.54. The van der Waals surface area contributed by atoms with Crippen molar-refractivity contribution in [1.82, 2.24) is 0 Å². The SMILES string of the molecule is COc1ccc(CCC(=O)O[C@@H](C)C(=O)Nc2ccc(C)cc2C)cc1. The van der Waals surface area contributed by atoms with Gasteiger partial charge in [-0.25, -0.2) is 0 Å². The summed E-state index contributed by atoms with van der Waals surface area (Å²) in [6.45, 7) is 5.49. The van der Waals surface area contributed by atoms with E-state index in [9.17, 15) is 9.59 Å². The Bertz CT molecular complexity index is 768. The van der Waals surface area contributed by atoms with Crippen LogP contribution in [-0.4, -0.2) is 25.1 Å². The first-order valence-corrected chi connectivity index (χ1v) is 8.59. The highest BCUT2D eigenvalue weighted by molar-refractivity contribution is 5.95. The zero-order chi connectivity index (χ0) is 19.1. The summed E-state index contributed by atoms with van der Waals surface area (Å²) >= 11 is 0. The van der Waals surface area contributed by atoms with E-state index in [-0.39, 0.29) is 12.3 Å². The molecule has 0 aliphatic carbocycles. The molecule has 0 aliphatic rings. The number of anilines is 1. The minimum Gasteiger partial charge on any atom is -0.497 e. The molecule has 1 amide bonds. The molecule has 1 N–H and O–H groups in total. The highest BCUT2D eigenvalue weighted by atomic mass is 16.5. The molecule has 0 spiro atoms. The van der Waals surface area contributed by atoms with Crippen molar-refractivity contribution in [3.63, 3.8) is 0 Å². The van der Waals surface area contributed by atoms with Gasteiger partial charge in [0.25, 0.3) is 5.91 Å².